The maximum atomic E-state index is 13.1. The number of rotatable bonds is 3. The molecule has 1 aliphatic rings. The number of alkyl halides is 3. The van der Waals surface area contributed by atoms with Crippen molar-refractivity contribution in [1.82, 2.24) is 0 Å². The van der Waals surface area contributed by atoms with Crippen LogP contribution in [-0.4, -0.2) is 41.0 Å². The topological polar surface area (TPSA) is 80.7 Å². The van der Waals surface area contributed by atoms with Gasteiger partial charge >= 0.3 is 12.1 Å². The Balaban J connectivity index is 3.31. The normalized spacial score (nSPS) is 22.8. The number of ketones is 2. The lowest BCUT2D eigenvalue weighted by atomic mass is 9.66. The summed E-state index contributed by atoms with van der Waals surface area (Å²) in [5.74, 6) is -6.71. The van der Waals surface area contributed by atoms with E-state index in [1.807, 2.05) is 0 Å². The van der Waals surface area contributed by atoms with Crippen LogP contribution in [0.5, 0.6) is 0 Å². The van der Waals surface area contributed by atoms with Crippen molar-refractivity contribution in [2.75, 3.05) is 6.61 Å². The minimum atomic E-state index is -5.49. The zero-order chi connectivity index (χ0) is 16.6. The zero-order valence-electron chi connectivity index (χ0n) is 11.9. The minimum absolute atomic E-state index is 0.332. The van der Waals surface area contributed by atoms with Gasteiger partial charge in [-0.1, -0.05) is 13.8 Å². The Morgan fingerprint density at radius 1 is 1.29 bits per heavy atom. The number of hydrogen-bond donors (Lipinski definition) is 1. The Kier molecular flexibility index (Phi) is 4.53. The number of carbonyl (C=O) groups excluding carboxylic acids is 3. The van der Waals surface area contributed by atoms with E-state index in [0.717, 1.165) is 0 Å². The largest absolute Gasteiger partial charge is 0.464 e. The van der Waals surface area contributed by atoms with Crippen LogP contribution in [0.25, 0.3) is 0 Å². The fraction of sp³-hybridized carbons (Fsp3) is 0.769. The smallest absolute Gasteiger partial charge is 0.429 e. The first kappa shape index (κ1) is 17.6. The quantitative estimate of drug-likeness (QED) is 0.630. The second-order valence-electron chi connectivity index (χ2n) is 5.87. The lowest BCUT2D eigenvalue weighted by molar-refractivity contribution is -0.274. The van der Waals surface area contributed by atoms with Crippen LogP contribution in [0.4, 0.5) is 13.2 Å². The molecule has 0 aromatic heterocycles. The van der Waals surface area contributed by atoms with Crippen molar-refractivity contribution < 1.29 is 37.4 Å². The lowest BCUT2D eigenvalue weighted by Crippen LogP contribution is -2.64. The first-order valence-corrected chi connectivity index (χ1v) is 6.38. The predicted octanol–water partition coefficient (Wildman–Crippen LogP) is 1.42. The SMILES string of the molecule is CCOC(=O)[C@](O)(C1C(=O)CC(C)(C)CC1=O)C(F)(F)F. The van der Waals surface area contributed by atoms with Crippen molar-refractivity contribution in [3.05, 3.63) is 0 Å². The molecule has 0 saturated heterocycles. The molecule has 1 saturated carbocycles. The number of carbonyl (C=O) groups is 3. The van der Waals surface area contributed by atoms with Gasteiger partial charge < -0.3 is 9.84 Å². The van der Waals surface area contributed by atoms with Crippen LogP contribution < -0.4 is 0 Å². The molecule has 0 aromatic carbocycles. The average molecular weight is 310 g/mol. The highest BCUT2D eigenvalue weighted by molar-refractivity contribution is 6.10. The van der Waals surface area contributed by atoms with Crippen LogP contribution in [-0.2, 0) is 19.1 Å². The van der Waals surface area contributed by atoms with E-state index in [0.29, 0.717) is 0 Å². The number of hydrogen-bond acceptors (Lipinski definition) is 5. The molecule has 0 aliphatic heterocycles. The summed E-state index contributed by atoms with van der Waals surface area (Å²) in [6, 6.07) is 0. The van der Waals surface area contributed by atoms with Crippen LogP contribution in [0.1, 0.15) is 33.6 Å². The standard InChI is InChI=1S/C13H17F3O5/c1-4-21-10(19)12(20,13(14,15)16)9-7(17)5-11(2,3)6-8(9)18/h9,20H,4-6H2,1-3H3/t12-/m1/s1. The van der Waals surface area contributed by atoms with Crippen molar-refractivity contribution in [2.24, 2.45) is 11.3 Å². The van der Waals surface area contributed by atoms with Gasteiger partial charge in [0.25, 0.3) is 5.60 Å². The highest BCUT2D eigenvalue weighted by Crippen LogP contribution is 2.44. The second kappa shape index (κ2) is 5.40. The Bertz CT molecular complexity index is 449. The third-order valence-electron chi connectivity index (χ3n) is 3.39. The maximum Gasteiger partial charge on any atom is 0.429 e. The molecule has 8 heteroatoms. The molecule has 0 amide bonds. The van der Waals surface area contributed by atoms with Gasteiger partial charge in [0.2, 0.25) is 0 Å². The van der Waals surface area contributed by atoms with Crippen molar-refractivity contribution in [2.45, 2.75) is 45.4 Å². The number of ether oxygens (including phenoxy) is 1. The highest BCUT2D eigenvalue weighted by Gasteiger charge is 2.70. The first-order valence-electron chi connectivity index (χ1n) is 6.38. The lowest BCUT2D eigenvalue weighted by Gasteiger charge is -2.39. The van der Waals surface area contributed by atoms with Crippen molar-refractivity contribution >= 4 is 17.5 Å². The van der Waals surface area contributed by atoms with Crippen LogP contribution >= 0.6 is 0 Å². The molecule has 0 unspecified atom stereocenters. The molecule has 1 rings (SSSR count). The molecule has 0 bridgehead atoms. The fourth-order valence-corrected chi connectivity index (χ4v) is 2.49. The Hall–Kier alpha value is -1.44. The van der Waals surface area contributed by atoms with Gasteiger partial charge in [0, 0.05) is 12.8 Å². The molecule has 1 N–H and O–H groups in total. The summed E-state index contributed by atoms with van der Waals surface area (Å²) in [5, 5.41) is 9.84. The van der Waals surface area contributed by atoms with Crippen LogP contribution in [0.15, 0.2) is 0 Å². The summed E-state index contributed by atoms with van der Waals surface area (Å²) >= 11 is 0. The van der Waals surface area contributed by atoms with Gasteiger partial charge in [0.15, 0.2) is 0 Å². The Labute approximate surface area is 119 Å². The minimum Gasteiger partial charge on any atom is -0.464 e. The molecule has 0 spiro atoms. The molecule has 120 valence electrons. The van der Waals surface area contributed by atoms with Gasteiger partial charge in [0.1, 0.15) is 17.5 Å². The van der Waals surface area contributed by atoms with Gasteiger partial charge in [-0.05, 0) is 12.3 Å². The first-order chi connectivity index (χ1) is 9.37. The van der Waals surface area contributed by atoms with Gasteiger partial charge in [-0.25, -0.2) is 4.79 Å². The molecule has 0 radical (unpaired) electrons. The van der Waals surface area contributed by atoms with E-state index in [1.165, 1.54) is 6.92 Å². The summed E-state index contributed by atoms with van der Waals surface area (Å²) in [5.41, 5.74) is -4.93. The molecular weight excluding hydrogens is 293 g/mol. The second-order valence-corrected chi connectivity index (χ2v) is 5.87. The Morgan fingerprint density at radius 2 is 1.71 bits per heavy atom. The molecule has 1 aliphatic carbocycles. The third-order valence-corrected chi connectivity index (χ3v) is 3.39. The summed E-state index contributed by atoms with van der Waals surface area (Å²) in [7, 11) is 0. The van der Waals surface area contributed by atoms with Crippen molar-refractivity contribution in [1.29, 1.82) is 0 Å². The number of halogens is 3. The molecule has 0 heterocycles. The average Bonchev–Trinajstić information content (AvgIpc) is 2.24. The number of esters is 1. The van der Waals surface area contributed by atoms with Crippen LogP contribution in [0.2, 0.25) is 0 Å². The third kappa shape index (κ3) is 3.09. The van der Waals surface area contributed by atoms with E-state index >= 15 is 0 Å². The molecule has 0 aromatic rings. The molecular formula is C13H17F3O5. The van der Waals surface area contributed by atoms with Crippen molar-refractivity contribution in [3.63, 3.8) is 0 Å². The van der Waals surface area contributed by atoms with Crippen molar-refractivity contribution in [3.8, 4) is 0 Å². The van der Waals surface area contributed by atoms with E-state index in [9.17, 15) is 32.7 Å². The zero-order valence-corrected chi connectivity index (χ0v) is 11.9. The van der Waals surface area contributed by atoms with E-state index < -0.39 is 47.3 Å². The molecule has 21 heavy (non-hydrogen) atoms. The van der Waals surface area contributed by atoms with E-state index in [1.54, 1.807) is 13.8 Å². The fourth-order valence-electron chi connectivity index (χ4n) is 2.49. The van der Waals surface area contributed by atoms with Gasteiger partial charge in [-0.3, -0.25) is 9.59 Å². The summed E-state index contributed by atoms with van der Waals surface area (Å²) in [6.45, 7) is 3.94. The van der Waals surface area contributed by atoms with Gasteiger partial charge in [-0.2, -0.15) is 13.2 Å². The summed E-state index contributed by atoms with van der Waals surface area (Å²) in [4.78, 5) is 35.4. The monoisotopic (exact) mass is 310 g/mol. The van der Waals surface area contributed by atoms with Crippen LogP contribution in [0, 0.1) is 11.3 Å². The highest BCUT2D eigenvalue weighted by atomic mass is 19.4. The maximum absolute atomic E-state index is 13.1. The number of Topliss-reactive ketones (excluding diaryl/α,β-unsaturated/α-hetero) is 2. The van der Waals surface area contributed by atoms with Gasteiger partial charge in [0.05, 0.1) is 6.61 Å². The predicted molar refractivity (Wildman–Crippen MR) is 64.2 cm³/mol. The van der Waals surface area contributed by atoms with E-state index in [2.05, 4.69) is 4.74 Å². The molecule has 5 nitrogen and oxygen atoms in total. The summed E-state index contributed by atoms with van der Waals surface area (Å²) < 4.78 is 43.7. The van der Waals surface area contributed by atoms with Crippen LogP contribution in [0.3, 0.4) is 0 Å². The summed E-state index contributed by atoms with van der Waals surface area (Å²) in [6.07, 6.45) is -6.15. The molecule has 1 atom stereocenters. The number of aliphatic hydroxyl groups is 1. The van der Waals surface area contributed by atoms with E-state index in [4.69, 9.17) is 0 Å². The Morgan fingerprint density at radius 3 is 2.05 bits per heavy atom. The van der Waals surface area contributed by atoms with Gasteiger partial charge in [-0.15, -0.1) is 0 Å². The molecule has 1 fully saturated rings. The van der Waals surface area contributed by atoms with E-state index in [-0.39, 0.29) is 12.8 Å².